The minimum absolute atomic E-state index is 0.114. The Morgan fingerprint density at radius 3 is 2.45 bits per heavy atom. The summed E-state index contributed by atoms with van der Waals surface area (Å²) in [6.07, 6.45) is 2.38. The highest BCUT2D eigenvalue weighted by Crippen LogP contribution is 2.33. The Morgan fingerprint density at radius 2 is 1.86 bits per heavy atom. The Morgan fingerprint density at radius 1 is 1.23 bits per heavy atom. The van der Waals surface area contributed by atoms with Gasteiger partial charge >= 0.3 is 0 Å². The normalized spacial score (nSPS) is 13.7. The van der Waals surface area contributed by atoms with Crippen molar-refractivity contribution in [2.24, 2.45) is 0 Å². The van der Waals surface area contributed by atoms with Crippen LogP contribution in [-0.2, 0) is 12.0 Å². The number of nitrogens with zero attached hydrogens (tertiary/aromatic N) is 2. The number of benzene rings is 1. The zero-order valence-electron chi connectivity index (χ0n) is 14.0. The van der Waals surface area contributed by atoms with Gasteiger partial charge in [0, 0.05) is 29.6 Å². The van der Waals surface area contributed by atoms with Crippen molar-refractivity contribution < 1.29 is 0 Å². The molecular weight excluding hydrogens is 294 g/mol. The third-order valence-electron chi connectivity index (χ3n) is 3.84. The van der Waals surface area contributed by atoms with Crippen molar-refractivity contribution in [1.82, 2.24) is 9.78 Å². The average Bonchev–Trinajstić information content (AvgIpc) is 2.93. The van der Waals surface area contributed by atoms with Gasteiger partial charge in [-0.2, -0.15) is 5.10 Å². The molecular formula is C18H26ClN3. The van der Waals surface area contributed by atoms with E-state index in [4.69, 9.17) is 16.7 Å². The summed E-state index contributed by atoms with van der Waals surface area (Å²) in [6.45, 7) is 10.7. The van der Waals surface area contributed by atoms with Crippen LogP contribution in [-0.4, -0.2) is 16.3 Å². The number of nitrogens with one attached hydrogen (secondary N) is 1. The SMILES string of the molecule is CC(C)(c1ccc(Cl)cc1)c1cc2n(n1)CCCN2.CCC. The molecule has 0 amide bonds. The van der Waals surface area contributed by atoms with E-state index in [1.54, 1.807) is 0 Å². The van der Waals surface area contributed by atoms with Gasteiger partial charge < -0.3 is 5.32 Å². The van der Waals surface area contributed by atoms with Crippen molar-refractivity contribution in [3.8, 4) is 0 Å². The molecule has 1 aromatic heterocycles. The van der Waals surface area contributed by atoms with Gasteiger partial charge in [-0.25, -0.2) is 4.68 Å². The van der Waals surface area contributed by atoms with Crippen molar-refractivity contribution >= 4 is 17.4 Å². The molecule has 0 spiro atoms. The van der Waals surface area contributed by atoms with Gasteiger partial charge in [-0.15, -0.1) is 0 Å². The van der Waals surface area contributed by atoms with Gasteiger partial charge in [0.05, 0.1) is 5.69 Å². The molecule has 2 aromatic rings. The Balaban J connectivity index is 0.000000545. The molecule has 0 bridgehead atoms. The smallest absolute Gasteiger partial charge is 0.124 e. The summed E-state index contributed by atoms with van der Waals surface area (Å²) in [4.78, 5) is 0. The molecule has 3 nitrogen and oxygen atoms in total. The summed E-state index contributed by atoms with van der Waals surface area (Å²) < 4.78 is 2.07. The van der Waals surface area contributed by atoms with Gasteiger partial charge in [0.15, 0.2) is 0 Å². The second kappa shape index (κ2) is 7.19. The van der Waals surface area contributed by atoms with E-state index >= 15 is 0 Å². The third-order valence-corrected chi connectivity index (χ3v) is 4.09. The van der Waals surface area contributed by atoms with Crippen LogP contribution in [0.15, 0.2) is 30.3 Å². The Kier molecular flexibility index (Phi) is 5.52. The zero-order valence-corrected chi connectivity index (χ0v) is 14.7. The molecule has 1 aliphatic rings. The summed E-state index contributed by atoms with van der Waals surface area (Å²) in [7, 11) is 0. The molecule has 0 saturated heterocycles. The first-order chi connectivity index (χ1) is 10.5. The van der Waals surface area contributed by atoms with Crippen LogP contribution >= 0.6 is 11.6 Å². The van der Waals surface area contributed by atoms with E-state index < -0.39 is 0 Å². The lowest BCUT2D eigenvalue weighted by Crippen LogP contribution is -2.20. The number of rotatable bonds is 2. The van der Waals surface area contributed by atoms with Crippen molar-refractivity contribution in [1.29, 1.82) is 0 Å². The molecule has 0 atom stereocenters. The second-order valence-electron chi connectivity index (χ2n) is 6.26. The largest absolute Gasteiger partial charge is 0.370 e. The van der Waals surface area contributed by atoms with E-state index in [1.165, 1.54) is 12.0 Å². The molecule has 0 unspecified atom stereocenters. The van der Waals surface area contributed by atoms with Gasteiger partial charge in [-0.05, 0) is 24.1 Å². The minimum Gasteiger partial charge on any atom is -0.370 e. The predicted octanol–water partition coefficient (Wildman–Crippen LogP) is 5.09. The van der Waals surface area contributed by atoms with Crippen LogP contribution in [0.1, 0.15) is 51.8 Å². The van der Waals surface area contributed by atoms with Gasteiger partial charge in [0.2, 0.25) is 0 Å². The maximum atomic E-state index is 5.96. The van der Waals surface area contributed by atoms with Crippen molar-refractivity contribution in [2.45, 2.75) is 52.5 Å². The lowest BCUT2D eigenvalue weighted by molar-refractivity contribution is 0.535. The molecule has 120 valence electrons. The van der Waals surface area contributed by atoms with Gasteiger partial charge in [-0.3, -0.25) is 0 Å². The fourth-order valence-corrected chi connectivity index (χ4v) is 2.62. The molecule has 0 radical (unpaired) electrons. The van der Waals surface area contributed by atoms with E-state index in [2.05, 4.69) is 55.9 Å². The van der Waals surface area contributed by atoms with E-state index in [0.717, 1.165) is 36.0 Å². The highest BCUT2D eigenvalue weighted by molar-refractivity contribution is 6.30. The van der Waals surface area contributed by atoms with Crippen LogP contribution in [0.2, 0.25) is 5.02 Å². The molecule has 3 rings (SSSR count). The topological polar surface area (TPSA) is 29.9 Å². The molecule has 0 aliphatic carbocycles. The maximum absolute atomic E-state index is 5.96. The van der Waals surface area contributed by atoms with E-state index in [1.807, 2.05) is 12.1 Å². The number of fused-ring (bicyclic) bond motifs is 1. The van der Waals surface area contributed by atoms with Gasteiger partial charge in [0.1, 0.15) is 5.82 Å². The second-order valence-corrected chi connectivity index (χ2v) is 6.69. The first kappa shape index (κ1) is 16.9. The molecule has 1 N–H and O–H groups in total. The molecule has 4 heteroatoms. The minimum atomic E-state index is -0.114. The lowest BCUT2D eigenvalue weighted by atomic mass is 9.81. The Labute approximate surface area is 138 Å². The monoisotopic (exact) mass is 319 g/mol. The molecule has 2 heterocycles. The van der Waals surface area contributed by atoms with E-state index in [9.17, 15) is 0 Å². The highest BCUT2D eigenvalue weighted by atomic mass is 35.5. The number of aryl methyl sites for hydroxylation is 1. The Hall–Kier alpha value is -1.48. The van der Waals surface area contributed by atoms with Crippen molar-refractivity contribution in [3.63, 3.8) is 0 Å². The van der Waals surface area contributed by atoms with E-state index in [-0.39, 0.29) is 5.41 Å². The molecule has 1 aliphatic heterocycles. The first-order valence-electron chi connectivity index (χ1n) is 8.07. The molecule has 0 fully saturated rings. The van der Waals surface area contributed by atoms with Crippen LogP contribution in [0.3, 0.4) is 0 Å². The first-order valence-corrected chi connectivity index (χ1v) is 8.45. The van der Waals surface area contributed by atoms with Crippen molar-refractivity contribution in [3.05, 3.63) is 46.6 Å². The van der Waals surface area contributed by atoms with Crippen LogP contribution in [0.4, 0.5) is 5.82 Å². The molecule has 22 heavy (non-hydrogen) atoms. The van der Waals surface area contributed by atoms with Gasteiger partial charge in [0.25, 0.3) is 0 Å². The van der Waals surface area contributed by atoms with Crippen molar-refractivity contribution in [2.75, 3.05) is 11.9 Å². The molecule has 1 aromatic carbocycles. The number of aromatic nitrogens is 2. The number of halogens is 1. The Bertz CT molecular complexity index is 576. The standard InChI is InChI=1S/C15H18ClN3.C3H8/c1-15(2,11-4-6-12(16)7-5-11)13-10-14-17-8-3-9-19(14)18-13;1-3-2/h4-7,10,17H,3,8-9H2,1-2H3;3H2,1-2H3. The summed E-state index contributed by atoms with van der Waals surface area (Å²) in [5.74, 6) is 1.13. The predicted molar refractivity (Wildman–Crippen MR) is 94.9 cm³/mol. The van der Waals surface area contributed by atoms with E-state index in [0.29, 0.717) is 0 Å². The number of anilines is 1. The summed E-state index contributed by atoms with van der Waals surface area (Å²) in [5.41, 5.74) is 2.21. The number of hydrogen-bond acceptors (Lipinski definition) is 2. The lowest BCUT2D eigenvalue weighted by Gasteiger charge is -2.23. The molecule has 0 saturated carbocycles. The third kappa shape index (κ3) is 3.64. The van der Waals surface area contributed by atoms with Crippen LogP contribution in [0.25, 0.3) is 0 Å². The van der Waals surface area contributed by atoms with Crippen LogP contribution in [0.5, 0.6) is 0 Å². The summed E-state index contributed by atoms with van der Waals surface area (Å²) in [5, 5.41) is 8.91. The zero-order chi connectivity index (χ0) is 16.2. The van der Waals surface area contributed by atoms with Gasteiger partial charge in [-0.1, -0.05) is 57.8 Å². The fourth-order valence-electron chi connectivity index (χ4n) is 2.49. The highest BCUT2D eigenvalue weighted by Gasteiger charge is 2.27. The van der Waals surface area contributed by atoms with Crippen LogP contribution < -0.4 is 5.32 Å². The average molecular weight is 320 g/mol. The maximum Gasteiger partial charge on any atom is 0.124 e. The quantitative estimate of drug-likeness (QED) is 0.835. The fraction of sp³-hybridized carbons (Fsp3) is 0.500. The van der Waals surface area contributed by atoms with Crippen LogP contribution in [0, 0.1) is 0 Å². The summed E-state index contributed by atoms with van der Waals surface area (Å²) in [6, 6.07) is 10.2. The summed E-state index contributed by atoms with van der Waals surface area (Å²) >= 11 is 5.96. The number of hydrogen-bond donors (Lipinski definition) is 1.